The Kier molecular flexibility index (Phi) is 23.0. The van der Waals surface area contributed by atoms with E-state index < -0.39 is 0 Å². The van der Waals surface area contributed by atoms with Crippen LogP contribution in [0.15, 0.2) is 12.3 Å². The fourth-order valence-corrected chi connectivity index (χ4v) is 3.51. The van der Waals surface area contributed by atoms with Crippen molar-refractivity contribution in [2.45, 2.75) is 128 Å². The second-order valence-electron chi connectivity index (χ2n) is 7.72. The molecule has 0 amide bonds. The van der Waals surface area contributed by atoms with Crippen molar-refractivity contribution in [3.8, 4) is 0 Å². The van der Waals surface area contributed by atoms with Crippen molar-refractivity contribution in [1.82, 2.24) is 0 Å². The molecule has 2 nitrogen and oxygen atoms in total. The van der Waals surface area contributed by atoms with Gasteiger partial charge >= 0.3 is 0 Å². The highest BCUT2D eigenvalue weighted by atomic mass is 14.5. The molecule has 4 N–H and O–H groups in total. The first-order valence-corrected chi connectivity index (χ1v) is 11.5. The lowest BCUT2D eigenvalue weighted by Gasteiger charge is -2.04. The quantitative estimate of drug-likeness (QED) is 0.214. The molecule has 0 aromatic carbocycles. The Labute approximate surface area is 159 Å². The van der Waals surface area contributed by atoms with Crippen molar-refractivity contribution >= 4 is 0 Å². The summed E-state index contributed by atoms with van der Waals surface area (Å²) in [6.07, 6.45) is 31.8. The van der Waals surface area contributed by atoms with Crippen LogP contribution in [0.4, 0.5) is 0 Å². The Morgan fingerprint density at radius 1 is 0.400 bits per heavy atom. The lowest BCUT2D eigenvalue weighted by molar-refractivity contribution is 0.523. The zero-order valence-electron chi connectivity index (χ0n) is 17.2. The van der Waals surface area contributed by atoms with E-state index in [2.05, 4.69) is 6.08 Å². The first kappa shape index (κ1) is 24.5. The molecule has 0 aliphatic rings. The van der Waals surface area contributed by atoms with E-state index in [-0.39, 0.29) is 0 Å². The number of nitrogens with two attached hydrogens (primary N) is 2. The first-order valence-electron chi connectivity index (χ1n) is 11.5. The van der Waals surface area contributed by atoms with Crippen molar-refractivity contribution in [2.75, 3.05) is 6.54 Å². The SMILES string of the molecule is NC=CCCCCCCCCCCCCCCCCCCCCCN. The van der Waals surface area contributed by atoms with E-state index in [9.17, 15) is 0 Å². The summed E-state index contributed by atoms with van der Waals surface area (Å²) in [5.74, 6) is 0. The van der Waals surface area contributed by atoms with Gasteiger partial charge in [0.1, 0.15) is 0 Å². The summed E-state index contributed by atoms with van der Waals surface area (Å²) in [6.45, 7) is 0.869. The Hall–Kier alpha value is -0.500. The van der Waals surface area contributed by atoms with Gasteiger partial charge in [-0.25, -0.2) is 0 Å². The summed E-state index contributed by atoms with van der Waals surface area (Å²) in [7, 11) is 0. The van der Waals surface area contributed by atoms with Gasteiger partial charge in [0.2, 0.25) is 0 Å². The molecule has 0 heterocycles. The molecule has 0 saturated carbocycles. The molecule has 25 heavy (non-hydrogen) atoms. The van der Waals surface area contributed by atoms with Gasteiger partial charge in [-0.05, 0) is 32.0 Å². The van der Waals surface area contributed by atoms with Gasteiger partial charge in [-0.1, -0.05) is 115 Å². The minimum Gasteiger partial charge on any atom is -0.405 e. The maximum absolute atomic E-state index is 5.51. The Balaban J connectivity index is 2.96. The fourth-order valence-electron chi connectivity index (χ4n) is 3.51. The van der Waals surface area contributed by atoms with Gasteiger partial charge < -0.3 is 11.5 Å². The van der Waals surface area contributed by atoms with E-state index in [1.165, 1.54) is 122 Å². The maximum atomic E-state index is 5.51. The minimum absolute atomic E-state index is 0.869. The molecule has 0 spiro atoms. The highest BCUT2D eigenvalue weighted by Crippen LogP contribution is 2.14. The second kappa shape index (κ2) is 23.5. The maximum Gasteiger partial charge on any atom is -0.00773 e. The number of rotatable bonds is 21. The lowest BCUT2D eigenvalue weighted by atomic mass is 10.0. The predicted molar refractivity (Wildman–Crippen MR) is 115 cm³/mol. The Morgan fingerprint density at radius 3 is 0.960 bits per heavy atom. The molecule has 0 bridgehead atoms. The third-order valence-electron chi connectivity index (χ3n) is 5.21. The van der Waals surface area contributed by atoms with Crippen LogP contribution in [0.1, 0.15) is 128 Å². The smallest absolute Gasteiger partial charge is 0.00773 e. The van der Waals surface area contributed by atoms with Gasteiger partial charge in [0.25, 0.3) is 0 Å². The molecule has 0 unspecified atom stereocenters. The van der Waals surface area contributed by atoms with Gasteiger partial charge in [0.15, 0.2) is 0 Å². The molecule has 0 aromatic heterocycles. The topological polar surface area (TPSA) is 52.0 Å². The van der Waals surface area contributed by atoms with Gasteiger partial charge in [-0.3, -0.25) is 0 Å². The number of hydrogen-bond donors (Lipinski definition) is 2. The molecule has 0 aliphatic heterocycles. The van der Waals surface area contributed by atoms with Crippen molar-refractivity contribution in [3.63, 3.8) is 0 Å². The minimum atomic E-state index is 0.869. The average Bonchev–Trinajstić information content (AvgIpc) is 2.63. The average molecular weight is 353 g/mol. The van der Waals surface area contributed by atoms with Crippen LogP contribution in [0.25, 0.3) is 0 Å². The van der Waals surface area contributed by atoms with Gasteiger partial charge in [-0.15, -0.1) is 0 Å². The Bertz CT molecular complexity index is 250. The van der Waals surface area contributed by atoms with Crippen molar-refractivity contribution in [3.05, 3.63) is 12.3 Å². The molecule has 0 saturated heterocycles. The van der Waals surface area contributed by atoms with Crippen molar-refractivity contribution < 1.29 is 0 Å². The molecule has 0 aliphatic carbocycles. The Morgan fingerprint density at radius 2 is 0.680 bits per heavy atom. The molecule has 0 rings (SSSR count). The lowest BCUT2D eigenvalue weighted by Crippen LogP contribution is -1.97. The van der Waals surface area contributed by atoms with Gasteiger partial charge in [0, 0.05) is 0 Å². The van der Waals surface area contributed by atoms with Crippen LogP contribution >= 0.6 is 0 Å². The van der Waals surface area contributed by atoms with E-state index in [0.717, 1.165) is 13.0 Å². The van der Waals surface area contributed by atoms with Crippen LogP contribution < -0.4 is 11.5 Å². The van der Waals surface area contributed by atoms with Crippen molar-refractivity contribution in [1.29, 1.82) is 0 Å². The summed E-state index contributed by atoms with van der Waals surface area (Å²) in [4.78, 5) is 0. The predicted octanol–water partition coefficient (Wildman–Crippen LogP) is 7.22. The zero-order chi connectivity index (χ0) is 18.3. The van der Waals surface area contributed by atoms with Gasteiger partial charge in [-0.2, -0.15) is 0 Å². The molecular formula is C23H48N2. The molecule has 0 atom stereocenters. The van der Waals surface area contributed by atoms with E-state index in [4.69, 9.17) is 11.5 Å². The van der Waals surface area contributed by atoms with Crippen molar-refractivity contribution in [2.24, 2.45) is 11.5 Å². The molecular weight excluding hydrogens is 304 g/mol. The summed E-state index contributed by atoms with van der Waals surface area (Å²) < 4.78 is 0. The largest absolute Gasteiger partial charge is 0.405 e. The van der Waals surface area contributed by atoms with Crippen LogP contribution in [0.3, 0.4) is 0 Å². The van der Waals surface area contributed by atoms with Crippen LogP contribution in [-0.4, -0.2) is 6.54 Å². The van der Waals surface area contributed by atoms with E-state index in [0.29, 0.717) is 0 Å². The third kappa shape index (κ3) is 23.5. The number of unbranched alkanes of at least 4 members (excludes halogenated alkanes) is 19. The third-order valence-corrected chi connectivity index (χ3v) is 5.21. The van der Waals surface area contributed by atoms with E-state index in [1.54, 1.807) is 6.20 Å². The normalized spacial score (nSPS) is 11.6. The summed E-state index contributed by atoms with van der Waals surface area (Å²) >= 11 is 0. The highest BCUT2D eigenvalue weighted by Gasteiger charge is 1.95. The molecule has 0 aromatic rings. The molecule has 2 heteroatoms. The molecule has 150 valence electrons. The molecule has 0 radical (unpaired) electrons. The van der Waals surface area contributed by atoms with Crippen LogP contribution in [0.5, 0.6) is 0 Å². The summed E-state index contributed by atoms with van der Waals surface area (Å²) in [5.41, 5.74) is 10.8. The fraction of sp³-hybridized carbons (Fsp3) is 0.913. The summed E-state index contributed by atoms with van der Waals surface area (Å²) in [5, 5.41) is 0. The number of allylic oxidation sites excluding steroid dienone is 1. The zero-order valence-corrected chi connectivity index (χ0v) is 17.2. The standard InChI is InChI=1S/C23H48N2/c24-22-20-18-16-14-12-10-8-6-4-2-1-3-5-7-9-11-13-15-17-19-21-23-25/h20,22H,1-19,21,23-25H2. The van der Waals surface area contributed by atoms with E-state index in [1.807, 2.05) is 0 Å². The van der Waals surface area contributed by atoms with E-state index >= 15 is 0 Å². The second-order valence-corrected chi connectivity index (χ2v) is 7.72. The first-order chi connectivity index (χ1) is 12.4. The van der Waals surface area contributed by atoms with Crippen LogP contribution in [0, 0.1) is 0 Å². The van der Waals surface area contributed by atoms with Crippen LogP contribution in [-0.2, 0) is 0 Å². The monoisotopic (exact) mass is 352 g/mol. The number of hydrogen-bond acceptors (Lipinski definition) is 2. The van der Waals surface area contributed by atoms with Crippen LogP contribution in [0.2, 0.25) is 0 Å². The molecule has 0 fully saturated rings. The highest BCUT2D eigenvalue weighted by molar-refractivity contribution is 4.74. The summed E-state index contributed by atoms with van der Waals surface area (Å²) in [6, 6.07) is 0. The van der Waals surface area contributed by atoms with Gasteiger partial charge in [0.05, 0.1) is 0 Å².